The Kier molecular flexibility index (Phi) is 3.41. The molecule has 0 aromatic heterocycles. The first-order valence-corrected chi connectivity index (χ1v) is 6.58. The summed E-state index contributed by atoms with van der Waals surface area (Å²) in [6, 6.07) is 0.241. The summed E-state index contributed by atoms with van der Waals surface area (Å²) >= 11 is 0. The second-order valence-corrected chi connectivity index (χ2v) is 5.83. The van der Waals surface area contributed by atoms with E-state index < -0.39 is 0 Å². The van der Waals surface area contributed by atoms with Crippen molar-refractivity contribution in [1.82, 2.24) is 9.80 Å². The number of rotatable bonds is 2. The second-order valence-electron chi connectivity index (χ2n) is 5.83. The van der Waals surface area contributed by atoms with Gasteiger partial charge in [0.25, 0.3) is 0 Å². The van der Waals surface area contributed by atoms with Gasteiger partial charge in [-0.05, 0) is 37.0 Å². The molecule has 2 amide bonds. The van der Waals surface area contributed by atoms with E-state index in [9.17, 15) is 4.79 Å². The summed E-state index contributed by atoms with van der Waals surface area (Å²) in [5, 5.41) is 0. The molecule has 3 unspecified atom stereocenters. The van der Waals surface area contributed by atoms with Crippen molar-refractivity contribution in [3.8, 4) is 0 Å². The number of hydrogen-bond donors (Lipinski definition) is 0. The van der Waals surface area contributed by atoms with Gasteiger partial charge in [0.15, 0.2) is 0 Å². The predicted molar refractivity (Wildman–Crippen MR) is 65.3 cm³/mol. The van der Waals surface area contributed by atoms with E-state index in [1.807, 2.05) is 16.8 Å². The number of urea groups is 1. The van der Waals surface area contributed by atoms with Crippen molar-refractivity contribution in [3.63, 3.8) is 0 Å². The molecule has 1 saturated carbocycles. The van der Waals surface area contributed by atoms with Crippen LogP contribution in [0.25, 0.3) is 0 Å². The summed E-state index contributed by atoms with van der Waals surface area (Å²) in [6.45, 7) is 7.36. The maximum Gasteiger partial charge on any atom is 0.319 e. The van der Waals surface area contributed by atoms with Crippen molar-refractivity contribution in [2.24, 2.45) is 17.8 Å². The van der Waals surface area contributed by atoms with Crippen molar-refractivity contribution >= 4 is 6.03 Å². The Bertz CT molecular complexity index is 267. The quantitative estimate of drug-likeness (QED) is 0.706. The fraction of sp³-hybridized carbons (Fsp3) is 0.923. The highest BCUT2D eigenvalue weighted by atomic mass is 16.2. The van der Waals surface area contributed by atoms with Crippen molar-refractivity contribution in [2.45, 2.75) is 33.1 Å². The first-order chi connectivity index (χ1) is 7.58. The number of piperidine rings is 1. The monoisotopic (exact) mass is 224 g/mol. The van der Waals surface area contributed by atoms with Gasteiger partial charge in [-0.3, -0.25) is 0 Å². The van der Waals surface area contributed by atoms with Gasteiger partial charge in [-0.1, -0.05) is 13.8 Å². The van der Waals surface area contributed by atoms with Crippen LogP contribution in [-0.4, -0.2) is 42.5 Å². The Morgan fingerprint density at radius 2 is 2.12 bits per heavy atom. The maximum atomic E-state index is 12.2. The van der Waals surface area contributed by atoms with E-state index in [1.165, 1.54) is 19.3 Å². The molecular weight excluding hydrogens is 200 g/mol. The molecule has 3 atom stereocenters. The third kappa shape index (κ3) is 2.69. The molecule has 2 aliphatic rings. The molecule has 0 bridgehead atoms. The van der Waals surface area contributed by atoms with Crippen molar-refractivity contribution in [2.75, 3.05) is 26.7 Å². The van der Waals surface area contributed by atoms with E-state index in [2.05, 4.69) is 13.8 Å². The molecule has 92 valence electrons. The first-order valence-electron chi connectivity index (χ1n) is 6.58. The number of carbonyl (C=O) groups is 1. The minimum Gasteiger partial charge on any atom is -0.327 e. The summed E-state index contributed by atoms with van der Waals surface area (Å²) in [4.78, 5) is 16.1. The summed E-state index contributed by atoms with van der Waals surface area (Å²) in [6.07, 6.45) is 3.74. The largest absolute Gasteiger partial charge is 0.327 e. The van der Waals surface area contributed by atoms with Gasteiger partial charge in [-0.15, -0.1) is 0 Å². The molecule has 0 aromatic rings. The summed E-state index contributed by atoms with van der Waals surface area (Å²) in [5.74, 6) is 2.26. The average Bonchev–Trinajstić information content (AvgIpc) is 2.93. The lowest BCUT2D eigenvalue weighted by atomic mass is 10.0. The van der Waals surface area contributed by atoms with Crippen LogP contribution in [0.3, 0.4) is 0 Å². The minimum atomic E-state index is 0.241. The molecule has 1 aliphatic heterocycles. The zero-order valence-electron chi connectivity index (χ0n) is 10.8. The van der Waals surface area contributed by atoms with Crippen molar-refractivity contribution in [1.29, 1.82) is 0 Å². The van der Waals surface area contributed by atoms with Gasteiger partial charge >= 0.3 is 6.03 Å². The van der Waals surface area contributed by atoms with Gasteiger partial charge in [0.05, 0.1) is 0 Å². The first kappa shape index (κ1) is 11.7. The number of hydrogen-bond acceptors (Lipinski definition) is 1. The van der Waals surface area contributed by atoms with Crippen molar-refractivity contribution < 1.29 is 4.79 Å². The number of likely N-dealkylation sites (tertiary alicyclic amines) is 1. The van der Waals surface area contributed by atoms with Crippen LogP contribution in [0.1, 0.15) is 33.1 Å². The third-order valence-electron chi connectivity index (χ3n) is 4.04. The zero-order chi connectivity index (χ0) is 11.7. The van der Waals surface area contributed by atoms with Crippen LogP contribution in [0.4, 0.5) is 4.79 Å². The van der Waals surface area contributed by atoms with Gasteiger partial charge in [0.1, 0.15) is 0 Å². The molecular formula is C13H24N2O. The SMILES string of the molecule is CC1CCCN(C(=O)N(C)CC2CC2C)C1. The Morgan fingerprint density at radius 3 is 2.69 bits per heavy atom. The highest BCUT2D eigenvalue weighted by Crippen LogP contribution is 2.38. The average molecular weight is 224 g/mol. The maximum absolute atomic E-state index is 12.2. The Balaban J connectivity index is 1.81. The van der Waals surface area contributed by atoms with Crippen LogP contribution >= 0.6 is 0 Å². The molecule has 1 heterocycles. The smallest absolute Gasteiger partial charge is 0.319 e. The molecule has 2 rings (SSSR count). The highest BCUT2D eigenvalue weighted by molar-refractivity contribution is 5.74. The van der Waals surface area contributed by atoms with Gasteiger partial charge in [0.2, 0.25) is 0 Å². The number of carbonyl (C=O) groups excluding carboxylic acids is 1. The molecule has 0 radical (unpaired) electrons. The standard InChI is InChI=1S/C13H24N2O/c1-10-5-4-6-15(8-10)13(16)14(3)9-12-7-11(12)2/h10-12H,4-9H2,1-3H3. The molecule has 1 aliphatic carbocycles. The van der Waals surface area contributed by atoms with E-state index in [0.717, 1.165) is 31.5 Å². The number of amides is 2. The fourth-order valence-corrected chi connectivity index (χ4v) is 2.69. The number of nitrogens with zero attached hydrogens (tertiary/aromatic N) is 2. The lowest BCUT2D eigenvalue weighted by Crippen LogP contribution is -2.46. The predicted octanol–water partition coefficient (Wildman–Crippen LogP) is 2.43. The van der Waals surface area contributed by atoms with Gasteiger partial charge in [-0.25, -0.2) is 4.79 Å². The lowest BCUT2D eigenvalue weighted by molar-refractivity contribution is 0.137. The summed E-state index contributed by atoms with van der Waals surface area (Å²) in [7, 11) is 1.95. The Labute approximate surface area is 98.8 Å². The molecule has 2 fully saturated rings. The van der Waals surface area contributed by atoms with E-state index >= 15 is 0 Å². The van der Waals surface area contributed by atoms with Gasteiger partial charge in [-0.2, -0.15) is 0 Å². The van der Waals surface area contributed by atoms with Crippen LogP contribution in [-0.2, 0) is 0 Å². The minimum absolute atomic E-state index is 0.241. The fourth-order valence-electron chi connectivity index (χ4n) is 2.69. The van der Waals surface area contributed by atoms with Crippen molar-refractivity contribution in [3.05, 3.63) is 0 Å². The Morgan fingerprint density at radius 1 is 1.44 bits per heavy atom. The molecule has 3 nitrogen and oxygen atoms in total. The molecule has 1 saturated heterocycles. The normalized spacial score (nSPS) is 33.7. The lowest BCUT2D eigenvalue weighted by Gasteiger charge is -2.34. The Hall–Kier alpha value is -0.730. The third-order valence-corrected chi connectivity index (χ3v) is 4.04. The topological polar surface area (TPSA) is 23.6 Å². The molecule has 0 aromatic carbocycles. The van der Waals surface area contributed by atoms with Gasteiger partial charge < -0.3 is 9.80 Å². The molecule has 0 N–H and O–H groups in total. The zero-order valence-corrected chi connectivity index (χ0v) is 10.8. The van der Waals surface area contributed by atoms with Gasteiger partial charge in [0, 0.05) is 26.7 Å². The van der Waals surface area contributed by atoms with Crippen LogP contribution < -0.4 is 0 Å². The van der Waals surface area contributed by atoms with Crippen LogP contribution in [0.2, 0.25) is 0 Å². The highest BCUT2D eigenvalue weighted by Gasteiger charge is 2.35. The molecule has 16 heavy (non-hydrogen) atoms. The van der Waals surface area contributed by atoms with E-state index in [4.69, 9.17) is 0 Å². The van der Waals surface area contributed by atoms with E-state index in [0.29, 0.717) is 5.92 Å². The summed E-state index contributed by atoms with van der Waals surface area (Å²) in [5.41, 5.74) is 0. The molecule has 0 spiro atoms. The van der Waals surface area contributed by atoms with Crippen LogP contribution in [0.5, 0.6) is 0 Å². The van der Waals surface area contributed by atoms with Crippen LogP contribution in [0.15, 0.2) is 0 Å². The molecule has 3 heteroatoms. The van der Waals surface area contributed by atoms with Crippen LogP contribution in [0, 0.1) is 17.8 Å². The summed E-state index contributed by atoms with van der Waals surface area (Å²) < 4.78 is 0. The second kappa shape index (κ2) is 4.64. The van der Waals surface area contributed by atoms with E-state index in [-0.39, 0.29) is 6.03 Å². The van der Waals surface area contributed by atoms with E-state index in [1.54, 1.807) is 0 Å².